The standard InChI is InChI=1S/C31H31Br2FN4O7/c1-4-43-25-12-19(28-27(30(40)42-3)17(2)36-31(41)37-28)7-10-24(25)44-16-26(39)38-35-14-20-11-21(32)13-23(33)29(20)45-15-18-5-8-22(34)9-6-18/h5-14,26,28,38-39H,4,15-16H2,1-3H3,(H2,36,37,41)/b35-14+/t26-,28-/m0/s1. The first-order valence-electron chi connectivity index (χ1n) is 13.7. The summed E-state index contributed by atoms with van der Waals surface area (Å²) in [6.07, 6.45) is 0.288. The molecule has 0 aliphatic carbocycles. The number of aliphatic hydroxyl groups is 1. The van der Waals surface area contributed by atoms with Crippen LogP contribution in [0, 0.1) is 5.82 Å². The molecule has 3 aromatic rings. The fourth-order valence-corrected chi connectivity index (χ4v) is 5.75. The number of ether oxygens (including phenoxy) is 4. The minimum Gasteiger partial charge on any atom is -0.490 e. The summed E-state index contributed by atoms with van der Waals surface area (Å²) < 4.78 is 37.1. The molecule has 0 saturated heterocycles. The van der Waals surface area contributed by atoms with Gasteiger partial charge in [0.05, 0.1) is 36.0 Å². The van der Waals surface area contributed by atoms with Gasteiger partial charge in [-0.1, -0.05) is 34.1 Å². The Hall–Kier alpha value is -4.14. The monoisotopic (exact) mass is 748 g/mol. The Labute approximate surface area is 276 Å². The Morgan fingerprint density at radius 2 is 1.87 bits per heavy atom. The van der Waals surface area contributed by atoms with E-state index in [0.29, 0.717) is 45.2 Å². The second-order valence-corrected chi connectivity index (χ2v) is 11.4. The number of nitrogens with one attached hydrogen (secondary N) is 3. The van der Waals surface area contributed by atoms with E-state index in [-0.39, 0.29) is 24.6 Å². The lowest BCUT2D eigenvalue weighted by molar-refractivity contribution is -0.136. The number of carbonyl (C=O) groups is 2. The summed E-state index contributed by atoms with van der Waals surface area (Å²) in [6, 6.07) is 13.4. The lowest BCUT2D eigenvalue weighted by atomic mass is 9.95. The maximum absolute atomic E-state index is 13.2. The van der Waals surface area contributed by atoms with Gasteiger partial charge in [-0.2, -0.15) is 5.10 Å². The molecule has 0 spiro atoms. The highest BCUT2D eigenvalue weighted by molar-refractivity contribution is 9.11. The van der Waals surface area contributed by atoms with Gasteiger partial charge < -0.3 is 34.7 Å². The third-order valence-corrected chi connectivity index (χ3v) is 7.48. The van der Waals surface area contributed by atoms with Gasteiger partial charge in [0.25, 0.3) is 0 Å². The number of carbonyl (C=O) groups excluding carboxylic acids is 2. The average Bonchev–Trinajstić information content (AvgIpc) is 3.00. The van der Waals surface area contributed by atoms with Gasteiger partial charge in [-0.25, -0.2) is 14.0 Å². The number of benzene rings is 3. The van der Waals surface area contributed by atoms with Crippen molar-refractivity contribution < 1.29 is 38.0 Å². The summed E-state index contributed by atoms with van der Waals surface area (Å²) in [4.78, 5) is 24.6. The topological polar surface area (TPSA) is 140 Å². The molecule has 1 heterocycles. The maximum Gasteiger partial charge on any atom is 0.337 e. The second-order valence-electron chi connectivity index (χ2n) is 9.64. The molecule has 0 aromatic heterocycles. The van der Waals surface area contributed by atoms with E-state index in [4.69, 9.17) is 18.9 Å². The van der Waals surface area contributed by atoms with Gasteiger partial charge in [0, 0.05) is 15.7 Å². The molecule has 11 nitrogen and oxygen atoms in total. The lowest BCUT2D eigenvalue weighted by Crippen LogP contribution is -2.45. The molecule has 45 heavy (non-hydrogen) atoms. The zero-order valence-electron chi connectivity index (χ0n) is 24.5. The van der Waals surface area contributed by atoms with Crippen LogP contribution in [0.2, 0.25) is 0 Å². The fourth-order valence-electron chi connectivity index (χ4n) is 4.38. The molecule has 14 heteroatoms. The summed E-state index contributed by atoms with van der Waals surface area (Å²) in [5.74, 6) is 0.274. The van der Waals surface area contributed by atoms with Crippen LogP contribution in [-0.4, -0.2) is 49.9 Å². The summed E-state index contributed by atoms with van der Waals surface area (Å²) in [5, 5.41) is 20.0. The number of hydrogen-bond acceptors (Lipinski definition) is 9. The van der Waals surface area contributed by atoms with Crippen LogP contribution in [0.25, 0.3) is 0 Å². The number of aliphatic hydroxyl groups excluding tert-OH is 1. The van der Waals surface area contributed by atoms with Crippen molar-refractivity contribution in [2.24, 2.45) is 5.10 Å². The van der Waals surface area contributed by atoms with Crippen LogP contribution in [0.5, 0.6) is 17.2 Å². The molecule has 0 bridgehead atoms. The number of hydrogen-bond donors (Lipinski definition) is 4. The minimum atomic E-state index is -1.20. The number of urea groups is 1. The predicted molar refractivity (Wildman–Crippen MR) is 172 cm³/mol. The number of rotatable bonds is 13. The molecule has 4 rings (SSSR count). The van der Waals surface area contributed by atoms with E-state index in [1.807, 2.05) is 6.07 Å². The number of methoxy groups -OCH3 is 1. The van der Waals surface area contributed by atoms with Crippen molar-refractivity contribution in [2.45, 2.75) is 32.7 Å². The van der Waals surface area contributed by atoms with Crippen LogP contribution in [0.15, 0.2) is 79.9 Å². The molecule has 238 valence electrons. The van der Waals surface area contributed by atoms with Crippen LogP contribution >= 0.6 is 31.9 Å². The predicted octanol–water partition coefficient (Wildman–Crippen LogP) is 5.45. The van der Waals surface area contributed by atoms with Gasteiger partial charge in [0.1, 0.15) is 24.8 Å². The van der Waals surface area contributed by atoms with Crippen LogP contribution in [0.1, 0.15) is 36.6 Å². The third-order valence-electron chi connectivity index (χ3n) is 6.43. The fraction of sp³-hybridized carbons (Fsp3) is 0.258. The molecule has 2 amide bonds. The number of nitrogens with zero attached hydrogens (tertiary/aromatic N) is 1. The molecule has 0 saturated carbocycles. The van der Waals surface area contributed by atoms with E-state index < -0.39 is 24.3 Å². The molecule has 0 fully saturated rings. The first-order valence-corrected chi connectivity index (χ1v) is 15.3. The molecular weight excluding hydrogens is 719 g/mol. The summed E-state index contributed by atoms with van der Waals surface area (Å²) in [5.41, 5.74) is 5.22. The van der Waals surface area contributed by atoms with Crippen molar-refractivity contribution in [3.63, 3.8) is 0 Å². The van der Waals surface area contributed by atoms with Gasteiger partial charge in [-0.15, -0.1) is 0 Å². The summed E-state index contributed by atoms with van der Waals surface area (Å²) >= 11 is 6.95. The van der Waals surface area contributed by atoms with Crippen molar-refractivity contribution in [2.75, 3.05) is 20.3 Å². The number of hydrazone groups is 1. The molecule has 0 unspecified atom stereocenters. The minimum absolute atomic E-state index is 0.191. The van der Waals surface area contributed by atoms with E-state index in [1.54, 1.807) is 50.2 Å². The van der Waals surface area contributed by atoms with Gasteiger partial charge in [-0.05, 0) is 77.3 Å². The Balaban J connectivity index is 1.42. The maximum atomic E-state index is 13.2. The molecule has 2 atom stereocenters. The van der Waals surface area contributed by atoms with Crippen molar-refractivity contribution in [1.82, 2.24) is 16.1 Å². The molecule has 3 aromatic carbocycles. The lowest BCUT2D eigenvalue weighted by Gasteiger charge is -2.28. The van der Waals surface area contributed by atoms with Crippen LogP contribution in [0.4, 0.5) is 9.18 Å². The molecule has 1 aliphatic heterocycles. The highest BCUT2D eigenvalue weighted by Gasteiger charge is 2.32. The smallest absolute Gasteiger partial charge is 0.337 e. The SMILES string of the molecule is CCOc1cc([C@@H]2NC(=O)NC(C)=C2C(=O)OC)ccc1OC[C@H](O)N/N=C/c1cc(Br)cc(Br)c1OCc1ccc(F)cc1. The second kappa shape index (κ2) is 15.7. The molecule has 1 aliphatic rings. The Morgan fingerprint density at radius 3 is 2.58 bits per heavy atom. The Bertz CT molecular complexity index is 1600. The van der Waals surface area contributed by atoms with E-state index in [1.165, 1.54) is 25.5 Å². The van der Waals surface area contributed by atoms with E-state index >= 15 is 0 Å². The highest BCUT2D eigenvalue weighted by Crippen LogP contribution is 2.35. The van der Waals surface area contributed by atoms with Crippen molar-refractivity contribution in [3.05, 3.63) is 97.3 Å². The van der Waals surface area contributed by atoms with Crippen LogP contribution < -0.4 is 30.3 Å². The van der Waals surface area contributed by atoms with Gasteiger partial charge >= 0.3 is 12.0 Å². The van der Waals surface area contributed by atoms with Crippen LogP contribution in [-0.2, 0) is 16.1 Å². The Kier molecular flexibility index (Phi) is 11.8. The molecule has 4 N–H and O–H groups in total. The third kappa shape index (κ3) is 8.96. The first kappa shape index (κ1) is 33.7. The van der Waals surface area contributed by atoms with E-state index in [0.717, 1.165) is 10.0 Å². The van der Waals surface area contributed by atoms with Crippen molar-refractivity contribution in [3.8, 4) is 17.2 Å². The Morgan fingerprint density at radius 1 is 1.11 bits per heavy atom. The largest absolute Gasteiger partial charge is 0.490 e. The number of esters is 1. The highest BCUT2D eigenvalue weighted by atomic mass is 79.9. The van der Waals surface area contributed by atoms with Crippen molar-refractivity contribution >= 4 is 50.1 Å². The number of halogens is 3. The zero-order valence-corrected chi connectivity index (χ0v) is 27.7. The number of amides is 2. The first-order chi connectivity index (χ1) is 21.6. The molecule has 0 radical (unpaired) electrons. The summed E-state index contributed by atoms with van der Waals surface area (Å²) in [7, 11) is 1.27. The average molecular weight is 750 g/mol. The number of allylic oxidation sites excluding steroid dienone is 1. The summed E-state index contributed by atoms with van der Waals surface area (Å²) in [6.45, 7) is 3.75. The van der Waals surface area contributed by atoms with E-state index in [2.05, 4.69) is 53.0 Å². The van der Waals surface area contributed by atoms with Gasteiger partial charge in [-0.3, -0.25) is 5.43 Å². The van der Waals surface area contributed by atoms with Gasteiger partial charge in [0.2, 0.25) is 0 Å². The normalized spacial score (nSPS) is 15.3. The van der Waals surface area contributed by atoms with Gasteiger partial charge in [0.15, 0.2) is 17.7 Å². The van der Waals surface area contributed by atoms with Crippen molar-refractivity contribution in [1.29, 1.82) is 0 Å². The zero-order chi connectivity index (χ0) is 32.5. The van der Waals surface area contributed by atoms with Crippen LogP contribution in [0.3, 0.4) is 0 Å². The molecular formula is C31H31Br2FN4O7. The van der Waals surface area contributed by atoms with E-state index in [9.17, 15) is 19.1 Å². The quantitative estimate of drug-likeness (QED) is 0.0784.